The van der Waals surface area contributed by atoms with Crippen LogP contribution in [-0.2, 0) is 0 Å². The fourth-order valence-electron chi connectivity index (χ4n) is 1.39. The average molecular weight is 301 g/mol. The van der Waals surface area contributed by atoms with Crippen LogP contribution >= 0.6 is 15.9 Å². The van der Waals surface area contributed by atoms with Gasteiger partial charge in [-0.1, -0.05) is 22.0 Å². The van der Waals surface area contributed by atoms with E-state index in [0.29, 0.717) is 6.61 Å². The maximum atomic E-state index is 5.72. The number of rotatable bonds is 7. The second kappa shape index (κ2) is 7.69. The van der Waals surface area contributed by atoms with E-state index in [-0.39, 0.29) is 0 Å². The Hall–Kier alpha value is -0.580. The fraction of sp³-hybridized carbons (Fsp3) is 0.538. The maximum absolute atomic E-state index is 5.72. The predicted octanol–water partition coefficient (Wildman–Crippen LogP) is 2.29. The highest BCUT2D eigenvalue weighted by atomic mass is 79.9. The van der Waals surface area contributed by atoms with Gasteiger partial charge in [-0.3, -0.25) is 0 Å². The number of halogens is 1. The largest absolute Gasteiger partial charge is 0.492 e. The summed E-state index contributed by atoms with van der Waals surface area (Å²) in [6.07, 6.45) is 0. The third kappa shape index (κ3) is 6.05. The zero-order valence-electron chi connectivity index (χ0n) is 10.8. The lowest BCUT2D eigenvalue weighted by atomic mass is 10.2. The third-order valence-corrected chi connectivity index (χ3v) is 2.92. The van der Waals surface area contributed by atoms with Crippen molar-refractivity contribution in [3.8, 4) is 5.75 Å². The molecule has 0 atom stereocenters. The van der Waals surface area contributed by atoms with Crippen molar-refractivity contribution in [2.24, 2.45) is 0 Å². The molecule has 0 amide bonds. The van der Waals surface area contributed by atoms with Crippen LogP contribution in [0.2, 0.25) is 0 Å². The number of hydrogen-bond donors (Lipinski definition) is 1. The van der Waals surface area contributed by atoms with Crippen molar-refractivity contribution in [3.63, 3.8) is 0 Å². The first-order chi connectivity index (χ1) is 8.09. The Morgan fingerprint density at radius 1 is 1.29 bits per heavy atom. The van der Waals surface area contributed by atoms with Crippen LogP contribution in [0.1, 0.15) is 5.56 Å². The summed E-state index contributed by atoms with van der Waals surface area (Å²) < 4.78 is 6.77. The van der Waals surface area contributed by atoms with Gasteiger partial charge in [-0.2, -0.15) is 0 Å². The number of hydrogen-bond acceptors (Lipinski definition) is 3. The zero-order valence-corrected chi connectivity index (χ0v) is 12.4. The summed E-state index contributed by atoms with van der Waals surface area (Å²) in [6.45, 7) is 5.68. The molecule has 0 saturated carbocycles. The molecule has 0 saturated heterocycles. The van der Waals surface area contributed by atoms with Gasteiger partial charge in [0.05, 0.1) is 0 Å². The first-order valence-electron chi connectivity index (χ1n) is 5.84. The number of nitrogens with one attached hydrogen (secondary N) is 1. The number of likely N-dealkylation sites (N-methyl/N-ethyl adjacent to an activating group) is 1. The smallest absolute Gasteiger partial charge is 0.123 e. The lowest BCUT2D eigenvalue weighted by Gasteiger charge is -2.12. The average Bonchev–Trinajstić information content (AvgIpc) is 2.27. The van der Waals surface area contributed by atoms with Gasteiger partial charge in [0.1, 0.15) is 12.4 Å². The summed E-state index contributed by atoms with van der Waals surface area (Å²) in [5.74, 6) is 0.953. The second-order valence-corrected chi connectivity index (χ2v) is 5.23. The van der Waals surface area contributed by atoms with Gasteiger partial charge in [0.2, 0.25) is 0 Å². The molecule has 0 aliphatic heterocycles. The first-order valence-corrected chi connectivity index (χ1v) is 6.63. The van der Waals surface area contributed by atoms with E-state index >= 15 is 0 Å². The minimum Gasteiger partial charge on any atom is -0.492 e. The molecular weight excluding hydrogens is 280 g/mol. The van der Waals surface area contributed by atoms with E-state index in [0.717, 1.165) is 29.9 Å². The Kier molecular flexibility index (Phi) is 6.55. The normalized spacial score (nSPS) is 10.9. The van der Waals surface area contributed by atoms with Crippen LogP contribution in [0.4, 0.5) is 0 Å². The van der Waals surface area contributed by atoms with Crippen LogP contribution in [0.15, 0.2) is 22.7 Å². The Balaban J connectivity index is 2.20. The van der Waals surface area contributed by atoms with Gasteiger partial charge in [0, 0.05) is 24.1 Å². The summed E-state index contributed by atoms with van der Waals surface area (Å²) in [4.78, 5) is 2.16. The molecule has 1 N–H and O–H groups in total. The van der Waals surface area contributed by atoms with Crippen LogP contribution in [0.3, 0.4) is 0 Å². The molecule has 0 aliphatic rings. The Morgan fingerprint density at radius 2 is 2.06 bits per heavy atom. The first kappa shape index (κ1) is 14.5. The standard InChI is InChI=1S/C13H21BrN2O/c1-11-4-5-12(14)10-13(11)17-9-7-15-6-8-16(2)3/h4-5,10,15H,6-9H2,1-3H3. The van der Waals surface area contributed by atoms with E-state index < -0.39 is 0 Å². The molecule has 17 heavy (non-hydrogen) atoms. The predicted molar refractivity (Wildman–Crippen MR) is 75.8 cm³/mol. The summed E-state index contributed by atoms with van der Waals surface area (Å²) >= 11 is 3.44. The number of nitrogens with zero attached hydrogens (tertiary/aromatic N) is 1. The summed E-state index contributed by atoms with van der Waals surface area (Å²) in [7, 11) is 4.14. The van der Waals surface area contributed by atoms with Gasteiger partial charge in [-0.15, -0.1) is 0 Å². The zero-order chi connectivity index (χ0) is 12.7. The molecule has 1 rings (SSSR count). The van der Waals surface area contributed by atoms with Crippen molar-refractivity contribution in [1.82, 2.24) is 10.2 Å². The van der Waals surface area contributed by atoms with Crippen LogP contribution < -0.4 is 10.1 Å². The van der Waals surface area contributed by atoms with E-state index in [1.807, 2.05) is 12.1 Å². The Morgan fingerprint density at radius 3 is 2.76 bits per heavy atom. The van der Waals surface area contributed by atoms with Crippen LogP contribution in [0.5, 0.6) is 5.75 Å². The molecule has 1 aromatic carbocycles. The molecule has 1 aromatic rings. The minimum atomic E-state index is 0.699. The van der Waals surface area contributed by atoms with E-state index in [9.17, 15) is 0 Å². The van der Waals surface area contributed by atoms with Crippen molar-refractivity contribution in [1.29, 1.82) is 0 Å². The molecule has 0 spiro atoms. The van der Waals surface area contributed by atoms with Gasteiger partial charge in [0.15, 0.2) is 0 Å². The number of ether oxygens (including phenoxy) is 1. The van der Waals surface area contributed by atoms with Crippen molar-refractivity contribution in [3.05, 3.63) is 28.2 Å². The third-order valence-electron chi connectivity index (χ3n) is 2.42. The number of aryl methyl sites for hydroxylation is 1. The topological polar surface area (TPSA) is 24.5 Å². The quantitative estimate of drug-likeness (QED) is 0.782. The number of benzene rings is 1. The van der Waals surface area contributed by atoms with Gasteiger partial charge in [0.25, 0.3) is 0 Å². The highest BCUT2D eigenvalue weighted by Gasteiger charge is 1.99. The summed E-state index contributed by atoms with van der Waals surface area (Å²) in [5.41, 5.74) is 1.17. The van der Waals surface area contributed by atoms with Gasteiger partial charge in [-0.05, 0) is 38.7 Å². The van der Waals surface area contributed by atoms with E-state index in [1.165, 1.54) is 5.56 Å². The van der Waals surface area contributed by atoms with Crippen molar-refractivity contribution >= 4 is 15.9 Å². The maximum Gasteiger partial charge on any atom is 0.123 e. The van der Waals surface area contributed by atoms with E-state index in [4.69, 9.17) is 4.74 Å². The summed E-state index contributed by atoms with van der Waals surface area (Å²) in [6, 6.07) is 6.09. The van der Waals surface area contributed by atoms with Crippen LogP contribution in [-0.4, -0.2) is 45.2 Å². The molecular formula is C13H21BrN2O. The van der Waals surface area contributed by atoms with Gasteiger partial charge < -0.3 is 15.0 Å². The van der Waals surface area contributed by atoms with Crippen LogP contribution in [0, 0.1) is 6.92 Å². The molecule has 0 heterocycles. The van der Waals surface area contributed by atoms with E-state index in [2.05, 4.69) is 53.2 Å². The molecule has 4 heteroatoms. The Bertz CT molecular complexity index is 342. The lowest BCUT2D eigenvalue weighted by Crippen LogP contribution is -2.29. The van der Waals surface area contributed by atoms with Crippen molar-refractivity contribution < 1.29 is 4.74 Å². The fourth-order valence-corrected chi connectivity index (χ4v) is 1.73. The molecule has 0 unspecified atom stereocenters. The van der Waals surface area contributed by atoms with Crippen molar-refractivity contribution in [2.45, 2.75) is 6.92 Å². The second-order valence-electron chi connectivity index (χ2n) is 4.31. The van der Waals surface area contributed by atoms with Crippen LogP contribution in [0.25, 0.3) is 0 Å². The summed E-state index contributed by atoms with van der Waals surface area (Å²) in [5, 5.41) is 3.34. The molecule has 3 nitrogen and oxygen atoms in total. The molecule has 0 aromatic heterocycles. The lowest BCUT2D eigenvalue weighted by molar-refractivity contribution is 0.306. The van der Waals surface area contributed by atoms with Gasteiger partial charge in [-0.25, -0.2) is 0 Å². The van der Waals surface area contributed by atoms with Crippen molar-refractivity contribution in [2.75, 3.05) is 40.3 Å². The SMILES string of the molecule is Cc1ccc(Br)cc1OCCNCCN(C)C. The van der Waals surface area contributed by atoms with E-state index in [1.54, 1.807) is 0 Å². The molecule has 0 radical (unpaired) electrons. The highest BCUT2D eigenvalue weighted by Crippen LogP contribution is 2.22. The molecule has 0 aliphatic carbocycles. The molecule has 96 valence electrons. The monoisotopic (exact) mass is 300 g/mol. The molecule has 0 bridgehead atoms. The minimum absolute atomic E-state index is 0.699. The Labute approximate surface area is 112 Å². The highest BCUT2D eigenvalue weighted by molar-refractivity contribution is 9.10. The van der Waals surface area contributed by atoms with Gasteiger partial charge >= 0.3 is 0 Å². The molecule has 0 fully saturated rings.